The molecule has 4 saturated carbocycles. The third-order valence-corrected chi connectivity index (χ3v) is 26.9. The van der Waals surface area contributed by atoms with Crippen LogP contribution in [-0.4, -0.2) is 22.6 Å². The van der Waals surface area contributed by atoms with Gasteiger partial charge in [0, 0.05) is 55.2 Å². The summed E-state index contributed by atoms with van der Waals surface area (Å²) in [4.78, 5) is 0. The Morgan fingerprint density at radius 3 is 0.410 bits per heavy atom. The van der Waals surface area contributed by atoms with Crippen molar-refractivity contribution in [2.24, 2.45) is 0 Å². The van der Waals surface area contributed by atoms with E-state index in [9.17, 15) is 0 Å². The number of hydrogen-bond donors (Lipinski definition) is 0. The van der Waals surface area contributed by atoms with E-state index in [0.29, 0.717) is 0 Å². The van der Waals surface area contributed by atoms with Crippen LogP contribution >= 0.6 is 31.7 Å². The van der Waals surface area contributed by atoms with Gasteiger partial charge in [-0.05, 0) is 148 Å². The molecule has 0 radical (unpaired) electrons. The molecule has 0 atom stereocenters. The van der Waals surface area contributed by atoms with Gasteiger partial charge in [-0.2, -0.15) is 0 Å². The summed E-state index contributed by atoms with van der Waals surface area (Å²) in [5, 5.41) is 12.4. The SMILES string of the molecule is [Fe].[Fe].[Pt+2].[Pt].[SH-].[SH-].c1ccc(P(c2ccccc2)C2CCCC2)cc1.c1ccc(P(c2ccccc2)C2CCCC2)cc1.c1ccc(P(c2ccccc2)C2CCCC2)cc1.c1ccc(P(c2ccccc2)C2CCCC2)cc1. The summed E-state index contributed by atoms with van der Waals surface area (Å²) in [5.74, 6) is 0. The van der Waals surface area contributed by atoms with Crippen molar-refractivity contribution in [2.75, 3.05) is 0 Å². The van der Waals surface area contributed by atoms with Crippen molar-refractivity contribution < 1.29 is 76.3 Å². The van der Waals surface area contributed by atoms with Gasteiger partial charge < -0.3 is 27.0 Å². The second-order valence-electron chi connectivity index (χ2n) is 19.9. The van der Waals surface area contributed by atoms with Gasteiger partial charge in [-0.25, -0.2) is 0 Å². The molecule has 4 fully saturated rings. The Labute approximate surface area is 539 Å². The summed E-state index contributed by atoms with van der Waals surface area (Å²) in [6.45, 7) is 0. The van der Waals surface area contributed by atoms with Crippen molar-refractivity contribution in [2.45, 2.75) is 125 Å². The molecule has 0 bridgehead atoms. The van der Waals surface area contributed by atoms with Gasteiger partial charge in [0.1, 0.15) is 0 Å². The molecule has 0 unspecified atom stereocenters. The van der Waals surface area contributed by atoms with Crippen molar-refractivity contribution in [1.29, 1.82) is 0 Å². The van der Waals surface area contributed by atoms with Crippen LogP contribution in [0.1, 0.15) is 103 Å². The number of thiol groups is 2. The Kier molecular flexibility index (Phi) is 36.3. The van der Waals surface area contributed by atoms with E-state index in [1.807, 2.05) is 0 Å². The molecule has 12 rings (SSSR count). The predicted octanol–water partition coefficient (Wildman–Crippen LogP) is 15.7. The van der Waals surface area contributed by atoms with E-state index in [4.69, 9.17) is 0 Å². The third-order valence-electron chi connectivity index (χ3n) is 15.0. The minimum atomic E-state index is -0.152. The van der Waals surface area contributed by atoms with Gasteiger partial charge >= 0.3 is 21.1 Å². The van der Waals surface area contributed by atoms with Crippen LogP contribution in [0.2, 0.25) is 0 Å². The van der Waals surface area contributed by atoms with Gasteiger partial charge in [-0.1, -0.05) is 294 Å². The monoisotopic (exact) mass is 1580 g/mol. The maximum atomic E-state index is 2.32. The van der Waals surface area contributed by atoms with E-state index >= 15 is 0 Å². The fraction of sp³-hybridized carbons (Fsp3) is 0.294. The maximum Gasteiger partial charge on any atom is 2.00 e. The first-order valence-electron chi connectivity index (χ1n) is 27.4. The molecule has 10 heteroatoms. The Morgan fingerprint density at radius 2 is 0.308 bits per heavy atom. The molecule has 78 heavy (non-hydrogen) atoms. The minimum Gasteiger partial charge on any atom is -0.813 e. The quantitative estimate of drug-likeness (QED) is 0.0517. The van der Waals surface area contributed by atoms with Crippen LogP contribution in [0.5, 0.6) is 0 Å². The Balaban J connectivity index is 0.000000267. The topological polar surface area (TPSA) is 0 Å². The second kappa shape index (κ2) is 40.0. The van der Waals surface area contributed by atoms with Crippen LogP contribution in [0, 0.1) is 0 Å². The van der Waals surface area contributed by atoms with Crippen LogP contribution in [0.3, 0.4) is 0 Å². The van der Waals surface area contributed by atoms with Crippen LogP contribution in [0.15, 0.2) is 243 Å². The minimum absolute atomic E-state index is 0. The van der Waals surface area contributed by atoms with E-state index in [0.717, 1.165) is 22.6 Å². The van der Waals surface area contributed by atoms with Gasteiger partial charge in [-0.3, -0.25) is 0 Å². The summed E-state index contributed by atoms with van der Waals surface area (Å²) in [6, 6.07) is 89.0. The largest absolute Gasteiger partial charge is 2.00 e. The first-order chi connectivity index (χ1) is 35.8. The smallest absolute Gasteiger partial charge is 0.813 e. The van der Waals surface area contributed by atoms with Crippen LogP contribution in [-0.2, 0) is 103 Å². The molecule has 4 aliphatic carbocycles. The molecule has 0 amide bonds. The van der Waals surface area contributed by atoms with Gasteiger partial charge in [0.2, 0.25) is 0 Å². The summed E-state index contributed by atoms with van der Waals surface area (Å²) in [5.41, 5.74) is 3.57. The molecule has 0 N–H and O–H groups in total. The first kappa shape index (κ1) is 70.9. The molecule has 8 aromatic rings. The fourth-order valence-corrected chi connectivity index (χ4v) is 23.7. The average Bonchev–Trinajstić information content (AvgIpc) is 4.34. The molecule has 0 aromatic heterocycles. The Morgan fingerprint density at radius 1 is 0.205 bits per heavy atom. The summed E-state index contributed by atoms with van der Waals surface area (Å²) in [6.07, 6.45) is 22.7. The standard InChI is InChI=1S/4C17H19P.2Fe.2Pt.2H2S/c4*1-3-9-15(10-4-1)18(17-13-7-8-14-17)16-11-5-2-6-12-16;;;;;;/h4*1-6,9-12,17H,7-8,13-14H2;;;;;2*1H2/q;;;;;;;+2;;/p-2. The van der Waals surface area contributed by atoms with Gasteiger partial charge in [0.25, 0.3) is 0 Å². The molecule has 8 aromatic carbocycles. The van der Waals surface area contributed by atoms with Gasteiger partial charge in [0.15, 0.2) is 0 Å². The maximum absolute atomic E-state index is 2.32. The molecule has 4 aliphatic rings. The summed E-state index contributed by atoms with van der Waals surface area (Å²) >= 11 is 0. The van der Waals surface area contributed by atoms with Crippen LogP contribution in [0.4, 0.5) is 0 Å². The number of rotatable bonds is 12. The van der Waals surface area contributed by atoms with Crippen molar-refractivity contribution >= 4 is 101 Å². The molecular formula is C68H78Fe2P4Pt2S2. The zero-order valence-corrected chi connectivity index (χ0v) is 56.9. The number of hydrogen-bond acceptors (Lipinski definition) is 2. The van der Waals surface area contributed by atoms with Gasteiger partial charge in [-0.15, -0.1) is 0 Å². The van der Waals surface area contributed by atoms with E-state index in [2.05, 4.69) is 243 Å². The normalized spacial score (nSPS) is 15.0. The zero-order chi connectivity index (χ0) is 48.8. The van der Waals surface area contributed by atoms with E-state index in [-0.39, 0.29) is 135 Å². The molecule has 0 spiro atoms. The molecule has 0 heterocycles. The third kappa shape index (κ3) is 21.0. The molecule has 418 valence electrons. The van der Waals surface area contributed by atoms with Gasteiger partial charge in [0.05, 0.1) is 0 Å². The Bertz CT molecular complexity index is 2150. The van der Waals surface area contributed by atoms with E-state index < -0.39 is 0 Å². The summed E-state index contributed by atoms with van der Waals surface area (Å²) < 4.78 is 0. The Hall–Kier alpha value is -1.40. The molecule has 0 aliphatic heterocycles. The van der Waals surface area contributed by atoms with Crippen LogP contribution < -0.4 is 42.4 Å². The fourth-order valence-electron chi connectivity index (χ4n) is 11.6. The van der Waals surface area contributed by atoms with E-state index in [1.54, 1.807) is 42.4 Å². The second-order valence-corrected chi connectivity index (χ2v) is 29.9. The summed E-state index contributed by atoms with van der Waals surface area (Å²) in [7, 11) is -0.608. The zero-order valence-electron chi connectivity index (χ0n) is 44.7. The van der Waals surface area contributed by atoms with Crippen molar-refractivity contribution in [1.82, 2.24) is 0 Å². The van der Waals surface area contributed by atoms with Crippen LogP contribution in [0.25, 0.3) is 0 Å². The van der Waals surface area contributed by atoms with Crippen molar-refractivity contribution in [3.63, 3.8) is 0 Å². The number of benzene rings is 8. The van der Waals surface area contributed by atoms with E-state index in [1.165, 1.54) is 103 Å². The molecule has 0 nitrogen and oxygen atoms in total. The molecular weight excluding hydrogens is 1510 g/mol. The predicted molar refractivity (Wildman–Crippen MR) is 343 cm³/mol. The van der Waals surface area contributed by atoms with Crippen molar-refractivity contribution in [3.05, 3.63) is 243 Å². The van der Waals surface area contributed by atoms with Crippen molar-refractivity contribution in [3.8, 4) is 0 Å². The molecule has 0 saturated heterocycles. The first-order valence-corrected chi connectivity index (χ1v) is 33.0. The average molecular weight is 1590 g/mol.